The molecule has 8 heteroatoms. The summed E-state index contributed by atoms with van der Waals surface area (Å²) in [5, 5.41) is 11.4. The second kappa shape index (κ2) is 7.76. The zero-order chi connectivity index (χ0) is 17.7. The number of methoxy groups -OCH3 is 1. The second-order valence-electron chi connectivity index (χ2n) is 5.66. The topological polar surface area (TPSA) is 115 Å². The van der Waals surface area contributed by atoms with E-state index < -0.39 is 17.8 Å². The quantitative estimate of drug-likeness (QED) is 0.633. The lowest BCUT2D eigenvalue weighted by molar-refractivity contribution is -0.150. The van der Waals surface area contributed by atoms with Gasteiger partial charge in [0.15, 0.2) is 0 Å². The highest BCUT2D eigenvalue weighted by molar-refractivity contribution is 6.37. The highest BCUT2D eigenvalue weighted by Crippen LogP contribution is 2.28. The number of carboxylic acids is 1. The van der Waals surface area contributed by atoms with Gasteiger partial charge in [0.2, 0.25) is 5.88 Å². The monoisotopic (exact) mass is 336 g/mol. The molecule has 0 bridgehead atoms. The van der Waals surface area contributed by atoms with Crippen LogP contribution in [-0.4, -0.2) is 41.2 Å². The Labute approximate surface area is 139 Å². The van der Waals surface area contributed by atoms with Crippen molar-refractivity contribution in [1.29, 1.82) is 0 Å². The fourth-order valence-corrected chi connectivity index (χ4v) is 2.60. The number of nitrogens with zero attached hydrogens (tertiary/aromatic N) is 1. The van der Waals surface area contributed by atoms with Crippen molar-refractivity contribution in [3.05, 3.63) is 17.8 Å². The molecule has 1 aliphatic carbocycles. The number of carbonyl (C=O) groups excluding carboxylic acids is 2. The van der Waals surface area contributed by atoms with Crippen LogP contribution < -0.4 is 10.1 Å². The normalized spacial score (nSPS) is 20.1. The first-order valence-electron chi connectivity index (χ1n) is 7.67. The number of esters is 1. The molecule has 0 aliphatic heterocycles. The molecular weight excluding hydrogens is 316 g/mol. The van der Waals surface area contributed by atoms with E-state index in [1.54, 1.807) is 19.1 Å². The Morgan fingerprint density at radius 3 is 2.42 bits per heavy atom. The van der Waals surface area contributed by atoms with Crippen molar-refractivity contribution in [3.8, 4) is 5.88 Å². The third-order valence-corrected chi connectivity index (χ3v) is 3.99. The number of amides is 1. The first-order chi connectivity index (χ1) is 11.4. The average Bonchev–Trinajstić information content (AvgIpc) is 2.57. The Bertz CT molecular complexity index is 637. The van der Waals surface area contributed by atoms with E-state index in [0.29, 0.717) is 42.9 Å². The van der Waals surface area contributed by atoms with Crippen molar-refractivity contribution < 1.29 is 29.0 Å². The Balaban J connectivity index is 1.94. The van der Waals surface area contributed by atoms with Gasteiger partial charge in [0.05, 0.1) is 24.4 Å². The van der Waals surface area contributed by atoms with Crippen molar-refractivity contribution in [3.63, 3.8) is 0 Å². The minimum Gasteiger partial charge on any atom is -0.481 e. The van der Waals surface area contributed by atoms with Gasteiger partial charge in [-0.3, -0.25) is 9.59 Å². The molecule has 2 rings (SSSR count). The van der Waals surface area contributed by atoms with E-state index in [2.05, 4.69) is 15.0 Å². The van der Waals surface area contributed by atoms with Crippen LogP contribution in [0.3, 0.4) is 0 Å². The fraction of sp³-hybridized carbons (Fsp3) is 0.500. The SMILES string of the molecule is COC(=O)C(=O)Nc1ccc(OC2CCC(C(=O)O)CC2)nc1C. The smallest absolute Gasteiger partial charge is 0.396 e. The van der Waals surface area contributed by atoms with Gasteiger partial charge in [-0.2, -0.15) is 0 Å². The van der Waals surface area contributed by atoms with Crippen LogP contribution in [-0.2, 0) is 19.1 Å². The summed E-state index contributed by atoms with van der Waals surface area (Å²) in [6, 6.07) is 3.20. The fourth-order valence-electron chi connectivity index (χ4n) is 2.60. The number of hydrogen-bond acceptors (Lipinski definition) is 6. The van der Waals surface area contributed by atoms with Gasteiger partial charge in [-0.1, -0.05) is 0 Å². The van der Waals surface area contributed by atoms with Gasteiger partial charge in [-0.15, -0.1) is 0 Å². The van der Waals surface area contributed by atoms with Crippen LogP contribution in [0.4, 0.5) is 5.69 Å². The Kier molecular flexibility index (Phi) is 5.73. The van der Waals surface area contributed by atoms with E-state index in [4.69, 9.17) is 9.84 Å². The molecule has 1 fully saturated rings. The molecule has 24 heavy (non-hydrogen) atoms. The molecule has 0 spiro atoms. The number of aliphatic carboxylic acids is 1. The number of ether oxygens (including phenoxy) is 2. The lowest BCUT2D eigenvalue weighted by Gasteiger charge is -2.26. The summed E-state index contributed by atoms with van der Waals surface area (Å²) in [5.41, 5.74) is 0.899. The second-order valence-corrected chi connectivity index (χ2v) is 5.66. The number of pyridine rings is 1. The van der Waals surface area contributed by atoms with Gasteiger partial charge >= 0.3 is 17.8 Å². The molecule has 1 amide bonds. The van der Waals surface area contributed by atoms with Gasteiger partial charge in [-0.05, 0) is 38.7 Å². The molecule has 0 radical (unpaired) electrons. The number of carbonyl (C=O) groups is 3. The Morgan fingerprint density at radius 1 is 1.21 bits per heavy atom. The third kappa shape index (κ3) is 4.43. The predicted octanol–water partition coefficient (Wildman–Crippen LogP) is 1.52. The van der Waals surface area contributed by atoms with E-state index in [1.165, 1.54) is 0 Å². The number of hydrogen-bond donors (Lipinski definition) is 2. The zero-order valence-corrected chi connectivity index (χ0v) is 13.6. The molecule has 2 N–H and O–H groups in total. The molecule has 1 aliphatic rings. The van der Waals surface area contributed by atoms with Crippen molar-refractivity contribution >= 4 is 23.5 Å². The van der Waals surface area contributed by atoms with Crippen LogP contribution in [0.15, 0.2) is 12.1 Å². The summed E-state index contributed by atoms with van der Waals surface area (Å²) in [6.07, 6.45) is 2.44. The molecule has 0 saturated heterocycles. The zero-order valence-electron chi connectivity index (χ0n) is 13.6. The minimum atomic E-state index is -0.982. The summed E-state index contributed by atoms with van der Waals surface area (Å²) in [5.74, 6) is -2.50. The molecule has 0 aromatic carbocycles. The van der Waals surface area contributed by atoms with Crippen molar-refractivity contribution in [2.75, 3.05) is 12.4 Å². The highest BCUT2D eigenvalue weighted by Gasteiger charge is 2.27. The summed E-state index contributed by atoms with van der Waals surface area (Å²) in [6.45, 7) is 1.68. The predicted molar refractivity (Wildman–Crippen MR) is 83.6 cm³/mol. The maximum absolute atomic E-state index is 11.5. The molecule has 1 aromatic heterocycles. The maximum Gasteiger partial charge on any atom is 0.396 e. The van der Waals surface area contributed by atoms with Crippen LogP contribution in [0, 0.1) is 12.8 Å². The number of anilines is 1. The molecule has 1 saturated carbocycles. The van der Waals surface area contributed by atoms with Crippen LogP contribution in [0.5, 0.6) is 5.88 Å². The molecule has 0 unspecified atom stereocenters. The summed E-state index contributed by atoms with van der Waals surface area (Å²) >= 11 is 0. The average molecular weight is 336 g/mol. The summed E-state index contributed by atoms with van der Waals surface area (Å²) in [7, 11) is 1.13. The summed E-state index contributed by atoms with van der Waals surface area (Å²) < 4.78 is 10.1. The van der Waals surface area contributed by atoms with Gasteiger partial charge in [-0.25, -0.2) is 9.78 Å². The molecule has 1 aromatic rings. The van der Waals surface area contributed by atoms with Gasteiger partial charge < -0.3 is 19.9 Å². The minimum absolute atomic E-state index is 0.0667. The first kappa shape index (κ1) is 17.7. The number of rotatable bonds is 4. The van der Waals surface area contributed by atoms with Gasteiger partial charge in [0, 0.05) is 6.07 Å². The molecule has 130 valence electrons. The Hall–Kier alpha value is -2.64. The van der Waals surface area contributed by atoms with Crippen LogP contribution >= 0.6 is 0 Å². The first-order valence-corrected chi connectivity index (χ1v) is 7.67. The largest absolute Gasteiger partial charge is 0.481 e. The van der Waals surface area contributed by atoms with Gasteiger partial charge in [0.25, 0.3) is 0 Å². The molecule has 0 atom stereocenters. The standard InChI is InChI=1S/C16H20N2O6/c1-9-12(18-14(19)16(22)23-2)7-8-13(17-9)24-11-5-3-10(4-6-11)15(20)21/h7-8,10-11H,3-6H2,1-2H3,(H,18,19)(H,20,21). The number of aromatic nitrogens is 1. The number of carboxylic acid groups (broad SMARTS) is 1. The van der Waals surface area contributed by atoms with E-state index in [0.717, 1.165) is 7.11 Å². The number of nitrogens with one attached hydrogen (secondary N) is 1. The lowest BCUT2D eigenvalue weighted by Crippen LogP contribution is -2.28. The Morgan fingerprint density at radius 2 is 1.88 bits per heavy atom. The molecule has 1 heterocycles. The molecule has 8 nitrogen and oxygen atoms in total. The van der Waals surface area contributed by atoms with E-state index in [1.807, 2.05) is 0 Å². The lowest BCUT2D eigenvalue weighted by atomic mass is 9.87. The van der Waals surface area contributed by atoms with Crippen molar-refractivity contribution in [2.45, 2.75) is 38.7 Å². The van der Waals surface area contributed by atoms with Gasteiger partial charge in [0.1, 0.15) is 6.10 Å². The third-order valence-electron chi connectivity index (χ3n) is 3.99. The van der Waals surface area contributed by atoms with E-state index in [9.17, 15) is 14.4 Å². The maximum atomic E-state index is 11.5. The molecular formula is C16H20N2O6. The summed E-state index contributed by atoms with van der Waals surface area (Å²) in [4.78, 5) is 37.8. The van der Waals surface area contributed by atoms with Crippen LogP contribution in [0.2, 0.25) is 0 Å². The highest BCUT2D eigenvalue weighted by atomic mass is 16.5. The van der Waals surface area contributed by atoms with E-state index >= 15 is 0 Å². The van der Waals surface area contributed by atoms with Crippen molar-refractivity contribution in [1.82, 2.24) is 4.98 Å². The van der Waals surface area contributed by atoms with Crippen LogP contribution in [0.25, 0.3) is 0 Å². The number of aryl methyl sites for hydroxylation is 1. The van der Waals surface area contributed by atoms with Crippen molar-refractivity contribution in [2.24, 2.45) is 5.92 Å². The van der Waals surface area contributed by atoms with E-state index in [-0.39, 0.29) is 12.0 Å². The van der Waals surface area contributed by atoms with Crippen LogP contribution in [0.1, 0.15) is 31.4 Å².